The Hall–Kier alpha value is -2.61. The number of pyridine rings is 1. The van der Waals surface area contributed by atoms with Crippen LogP contribution in [0.3, 0.4) is 0 Å². The number of rotatable bonds is 2. The van der Waals surface area contributed by atoms with Gasteiger partial charge >= 0.3 is 0 Å². The predicted octanol–water partition coefficient (Wildman–Crippen LogP) is 4.69. The zero-order valence-electron chi connectivity index (χ0n) is 15.6. The van der Waals surface area contributed by atoms with E-state index in [1.807, 2.05) is 27.7 Å². The molecule has 5 nitrogen and oxygen atoms in total. The molecule has 1 unspecified atom stereocenters. The maximum atomic E-state index is 14.5. The van der Waals surface area contributed by atoms with Crippen LogP contribution in [-0.4, -0.2) is 25.9 Å². The van der Waals surface area contributed by atoms with E-state index >= 15 is 0 Å². The monoisotopic (exact) mass is 410 g/mol. The summed E-state index contributed by atoms with van der Waals surface area (Å²) in [5.74, 6) is -3.38. The molecule has 0 aliphatic carbocycles. The second-order valence-electron chi connectivity index (χ2n) is 7.49. The van der Waals surface area contributed by atoms with Crippen molar-refractivity contribution in [2.45, 2.75) is 33.7 Å². The molecule has 0 saturated heterocycles. The van der Waals surface area contributed by atoms with Crippen LogP contribution in [0.5, 0.6) is 0 Å². The van der Waals surface area contributed by atoms with Gasteiger partial charge in [0, 0.05) is 18.3 Å². The van der Waals surface area contributed by atoms with E-state index in [9.17, 15) is 18.4 Å². The highest BCUT2D eigenvalue weighted by molar-refractivity contribution is 6.32. The molecular formula is C19H18ClF3N4O. The summed E-state index contributed by atoms with van der Waals surface area (Å²) in [6.07, 6.45) is 2.53. The normalized spacial score (nSPS) is 13.9. The zero-order chi connectivity index (χ0) is 20.8. The van der Waals surface area contributed by atoms with Crippen LogP contribution in [0, 0.1) is 22.9 Å². The summed E-state index contributed by atoms with van der Waals surface area (Å²) in [6, 6.07) is 0.801. The minimum Gasteiger partial charge on any atom is -0.427 e. The van der Waals surface area contributed by atoms with E-state index in [-0.39, 0.29) is 39.0 Å². The third-order valence-corrected chi connectivity index (χ3v) is 4.82. The molecule has 1 aromatic carbocycles. The molecule has 0 radical (unpaired) electrons. The number of aromatic nitrogens is 3. The first-order valence-electron chi connectivity index (χ1n) is 8.45. The van der Waals surface area contributed by atoms with Crippen LogP contribution in [0.15, 0.2) is 29.5 Å². The first-order valence-corrected chi connectivity index (χ1v) is 8.83. The van der Waals surface area contributed by atoms with E-state index in [1.54, 1.807) is 0 Å². The standard InChI is InChI=1S/C19H18ClF3N4O/c1-9(19(2,3)4)25-15-14(13-11(22)7-10(21)8-12(13)23)17(20)26-18-16(15)24-5-6-27(18)28/h5-9,28H,1-4H3. The molecule has 2 aliphatic heterocycles. The average molecular weight is 411 g/mol. The molecule has 0 spiro atoms. The van der Waals surface area contributed by atoms with Crippen molar-refractivity contribution in [2.75, 3.05) is 0 Å². The molecule has 2 aliphatic rings. The summed E-state index contributed by atoms with van der Waals surface area (Å²) < 4.78 is 43.1. The van der Waals surface area contributed by atoms with Crippen LogP contribution >= 0.6 is 11.6 Å². The Morgan fingerprint density at radius 3 is 2.32 bits per heavy atom. The van der Waals surface area contributed by atoms with Crippen LogP contribution in [0.25, 0.3) is 22.6 Å². The Labute approximate surface area is 164 Å². The van der Waals surface area contributed by atoms with Gasteiger partial charge in [-0.2, -0.15) is 4.73 Å². The van der Waals surface area contributed by atoms with Gasteiger partial charge in [0.2, 0.25) is 0 Å². The summed E-state index contributed by atoms with van der Waals surface area (Å²) in [6.45, 7) is 7.68. The highest BCUT2D eigenvalue weighted by Gasteiger charge is 2.27. The molecule has 28 heavy (non-hydrogen) atoms. The molecule has 3 rings (SSSR count). The minimum atomic E-state index is -1.15. The lowest BCUT2D eigenvalue weighted by molar-refractivity contribution is 0.185. The first kappa shape index (κ1) is 20.1. The molecule has 0 bridgehead atoms. The van der Waals surface area contributed by atoms with Crippen molar-refractivity contribution in [3.8, 4) is 22.6 Å². The van der Waals surface area contributed by atoms with E-state index in [0.717, 1.165) is 0 Å². The molecular weight excluding hydrogens is 393 g/mol. The van der Waals surface area contributed by atoms with Gasteiger partial charge in [0.15, 0.2) is 5.82 Å². The number of halogens is 4. The molecule has 148 valence electrons. The molecule has 0 saturated carbocycles. The number of nitrogens with zero attached hydrogens (tertiary/aromatic N) is 4. The maximum Gasteiger partial charge on any atom is 0.197 e. The SMILES string of the molecule is CC(N=c1c2nccn(O)c-2nc(Cl)c1-c1c(F)cc(F)cc1F)C(C)(C)C. The van der Waals surface area contributed by atoms with Gasteiger partial charge in [0.25, 0.3) is 0 Å². The Kier molecular flexibility index (Phi) is 5.10. The van der Waals surface area contributed by atoms with Crippen LogP contribution in [-0.2, 0) is 0 Å². The van der Waals surface area contributed by atoms with Crippen LogP contribution in [0.4, 0.5) is 13.2 Å². The lowest BCUT2D eigenvalue weighted by Gasteiger charge is -2.24. The van der Waals surface area contributed by atoms with E-state index < -0.39 is 23.0 Å². The predicted molar refractivity (Wildman–Crippen MR) is 98.6 cm³/mol. The fourth-order valence-electron chi connectivity index (χ4n) is 2.56. The molecule has 1 atom stereocenters. The Bertz CT molecular complexity index is 1070. The smallest absolute Gasteiger partial charge is 0.197 e. The third-order valence-electron chi connectivity index (χ3n) is 4.54. The molecule has 0 amide bonds. The van der Waals surface area contributed by atoms with Crippen molar-refractivity contribution in [1.29, 1.82) is 0 Å². The summed E-state index contributed by atoms with van der Waals surface area (Å²) in [5, 5.41) is 9.80. The lowest BCUT2D eigenvalue weighted by atomic mass is 9.88. The Morgan fingerprint density at radius 2 is 1.75 bits per heavy atom. The van der Waals surface area contributed by atoms with Gasteiger partial charge in [-0.3, -0.25) is 4.99 Å². The van der Waals surface area contributed by atoms with Crippen LogP contribution in [0.2, 0.25) is 5.15 Å². The average Bonchev–Trinajstić information content (AvgIpc) is 2.56. The number of fused-ring (bicyclic) bond motifs is 1. The first-order chi connectivity index (χ1) is 13.0. The van der Waals surface area contributed by atoms with Crippen molar-refractivity contribution in [2.24, 2.45) is 10.4 Å². The Balaban J connectivity index is 2.51. The van der Waals surface area contributed by atoms with Gasteiger partial charge in [-0.05, 0) is 12.3 Å². The van der Waals surface area contributed by atoms with Gasteiger partial charge in [0.1, 0.15) is 28.3 Å². The second kappa shape index (κ2) is 7.09. The van der Waals surface area contributed by atoms with Crippen molar-refractivity contribution < 1.29 is 18.4 Å². The summed E-state index contributed by atoms with van der Waals surface area (Å²) in [4.78, 5) is 12.8. The second-order valence-corrected chi connectivity index (χ2v) is 7.84. The van der Waals surface area contributed by atoms with Gasteiger partial charge in [-0.25, -0.2) is 23.1 Å². The lowest BCUT2D eigenvalue weighted by Crippen LogP contribution is -2.27. The van der Waals surface area contributed by atoms with Crippen LogP contribution in [0.1, 0.15) is 27.7 Å². The van der Waals surface area contributed by atoms with Crippen molar-refractivity contribution in [3.05, 3.63) is 52.5 Å². The maximum absolute atomic E-state index is 14.5. The molecule has 1 N–H and O–H groups in total. The fourth-order valence-corrected chi connectivity index (χ4v) is 2.82. The van der Waals surface area contributed by atoms with E-state index in [1.165, 1.54) is 12.4 Å². The molecule has 2 heterocycles. The van der Waals surface area contributed by atoms with E-state index in [2.05, 4.69) is 15.0 Å². The summed E-state index contributed by atoms with van der Waals surface area (Å²) in [7, 11) is 0. The van der Waals surface area contributed by atoms with Crippen molar-refractivity contribution >= 4 is 11.6 Å². The van der Waals surface area contributed by atoms with Gasteiger partial charge < -0.3 is 5.21 Å². The van der Waals surface area contributed by atoms with E-state index in [4.69, 9.17) is 11.6 Å². The minimum absolute atomic E-state index is 0.0287. The molecule has 9 heteroatoms. The van der Waals surface area contributed by atoms with Crippen LogP contribution < -0.4 is 5.36 Å². The summed E-state index contributed by atoms with van der Waals surface area (Å²) >= 11 is 6.25. The van der Waals surface area contributed by atoms with Gasteiger partial charge in [0.05, 0.1) is 28.7 Å². The highest BCUT2D eigenvalue weighted by atomic mass is 35.5. The molecule has 0 fully saturated rings. The third kappa shape index (κ3) is 3.56. The topological polar surface area (TPSA) is 63.3 Å². The van der Waals surface area contributed by atoms with Gasteiger partial charge in [-0.15, -0.1) is 0 Å². The number of benzene rings is 1. The zero-order valence-corrected chi connectivity index (χ0v) is 16.4. The fraction of sp³-hybridized carbons (Fsp3) is 0.316. The largest absolute Gasteiger partial charge is 0.427 e. The quantitative estimate of drug-likeness (QED) is 0.492. The highest BCUT2D eigenvalue weighted by Crippen LogP contribution is 2.32. The van der Waals surface area contributed by atoms with Crippen molar-refractivity contribution in [1.82, 2.24) is 14.7 Å². The number of hydrogen-bond acceptors (Lipinski definition) is 4. The van der Waals surface area contributed by atoms with E-state index in [0.29, 0.717) is 16.9 Å². The van der Waals surface area contributed by atoms with Crippen molar-refractivity contribution in [3.63, 3.8) is 0 Å². The molecule has 0 aromatic heterocycles. The summed E-state index contributed by atoms with van der Waals surface area (Å²) in [5.41, 5.74) is -0.901. The number of hydrogen-bond donors (Lipinski definition) is 1. The Morgan fingerprint density at radius 1 is 1.14 bits per heavy atom. The van der Waals surface area contributed by atoms with Gasteiger partial charge in [-0.1, -0.05) is 32.4 Å². The molecule has 1 aromatic rings.